The molecule has 10 heteroatoms. The number of nitrogens with zero attached hydrogens (tertiary/aromatic N) is 3. The van der Waals surface area contributed by atoms with Crippen molar-refractivity contribution in [3.8, 4) is 0 Å². The van der Waals surface area contributed by atoms with Gasteiger partial charge in [0.2, 0.25) is 10.1 Å². The van der Waals surface area contributed by atoms with Crippen LogP contribution >= 0.6 is 34.5 Å². The Morgan fingerprint density at radius 2 is 2.04 bits per heavy atom. The van der Waals surface area contributed by atoms with Crippen LogP contribution in [0.1, 0.15) is 10.4 Å². The van der Waals surface area contributed by atoms with Crippen LogP contribution in [0, 0.1) is 0 Å². The Morgan fingerprint density at radius 3 is 2.79 bits per heavy atom. The number of rotatable bonds is 5. The van der Waals surface area contributed by atoms with Crippen LogP contribution in [0.25, 0.3) is 4.96 Å². The topological polar surface area (TPSA) is 88.4 Å². The molecule has 0 bridgehead atoms. The minimum absolute atomic E-state index is 0.239. The van der Waals surface area contributed by atoms with Crippen molar-refractivity contribution >= 4 is 50.5 Å². The molecule has 1 aromatic carbocycles. The van der Waals surface area contributed by atoms with Gasteiger partial charge < -0.3 is 10.6 Å². The first-order chi connectivity index (χ1) is 11.5. The number of carbonyl (C=O) groups is 1. The van der Waals surface area contributed by atoms with Crippen LogP contribution in [0.4, 0.5) is 5.13 Å². The van der Waals surface area contributed by atoms with Crippen LogP contribution in [0.5, 0.6) is 0 Å². The van der Waals surface area contributed by atoms with Gasteiger partial charge in [-0.15, -0.1) is 5.10 Å². The lowest BCUT2D eigenvalue weighted by molar-refractivity contribution is 0.0955. The maximum absolute atomic E-state index is 12.0. The van der Waals surface area contributed by atoms with Gasteiger partial charge in [-0.3, -0.25) is 9.59 Å². The summed E-state index contributed by atoms with van der Waals surface area (Å²) >= 11 is 13.0. The molecule has 3 aromatic rings. The maximum Gasteiger partial charge on any atom is 0.275 e. The summed E-state index contributed by atoms with van der Waals surface area (Å²) in [6.45, 7) is 0.818. The van der Waals surface area contributed by atoms with Crippen molar-refractivity contribution in [2.75, 3.05) is 18.4 Å². The number of aromatic nitrogens is 3. The van der Waals surface area contributed by atoms with Crippen LogP contribution in [0.15, 0.2) is 35.3 Å². The number of anilines is 1. The van der Waals surface area contributed by atoms with E-state index in [1.165, 1.54) is 34.2 Å². The Labute approximate surface area is 150 Å². The molecule has 2 N–H and O–H groups in total. The smallest absolute Gasteiger partial charge is 0.275 e. The molecule has 0 spiro atoms. The van der Waals surface area contributed by atoms with Crippen LogP contribution in [-0.4, -0.2) is 33.6 Å². The van der Waals surface area contributed by atoms with Crippen LogP contribution < -0.4 is 16.2 Å². The van der Waals surface area contributed by atoms with Crippen molar-refractivity contribution < 1.29 is 4.79 Å². The van der Waals surface area contributed by atoms with Crippen molar-refractivity contribution in [2.24, 2.45) is 0 Å². The van der Waals surface area contributed by atoms with Gasteiger partial charge in [0, 0.05) is 30.9 Å². The van der Waals surface area contributed by atoms with E-state index in [0.717, 1.165) is 0 Å². The van der Waals surface area contributed by atoms with Gasteiger partial charge in [-0.2, -0.15) is 4.52 Å². The average molecular weight is 384 g/mol. The van der Waals surface area contributed by atoms with E-state index in [0.29, 0.717) is 38.8 Å². The Hall–Kier alpha value is -2.16. The zero-order valence-electron chi connectivity index (χ0n) is 12.1. The van der Waals surface area contributed by atoms with Crippen LogP contribution in [0.3, 0.4) is 0 Å². The normalized spacial score (nSPS) is 10.8. The first kappa shape index (κ1) is 16.7. The van der Waals surface area contributed by atoms with E-state index in [1.807, 2.05) is 0 Å². The summed E-state index contributed by atoms with van der Waals surface area (Å²) in [4.78, 5) is 28.1. The summed E-state index contributed by atoms with van der Waals surface area (Å²) in [5.41, 5.74) is 0.192. The third kappa shape index (κ3) is 3.66. The third-order valence-electron chi connectivity index (χ3n) is 3.04. The average Bonchev–Trinajstić information content (AvgIpc) is 2.98. The summed E-state index contributed by atoms with van der Waals surface area (Å²) in [5.74, 6) is -0.252. The SMILES string of the molecule is O=C(NCCNc1nn2c(=O)ccnc2s1)c1ccc(Cl)c(Cl)c1. The second kappa shape index (κ2) is 7.16. The number of carbonyl (C=O) groups excluding carboxylic acids is 1. The third-order valence-corrected chi connectivity index (χ3v) is 4.66. The molecule has 0 atom stereocenters. The fourth-order valence-electron chi connectivity index (χ4n) is 1.90. The highest BCUT2D eigenvalue weighted by Crippen LogP contribution is 2.22. The fourth-order valence-corrected chi connectivity index (χ4v) is 3.00. The van der Waals surface area contributed by atoms with E-state index < -0.39 is 0 Å². The van der Waals surface area contributed by atoms with E-state index in [1.54, 1.807) is 12.1 Å². The Balaban J connectivity index is 1.54. The molecule has 24 heavy (non-hydrogen) atoms. The molecule has 0 unspecified atom stereocenters. The minimum Gasteiger partial charge on any atom is -0.358 e. The molecule has 7 nitrogen and oxygen atoms in total. The fraction of sp³-hybridized carbons (Fsp3) is 0.143. The van der Waals surface area contributed by atoms with Gasteiger partial charge in [0.05, 0.1) is 10.0 Å². The number of halogens is 2. The number of hydrogen-bond acceptors (Lipinski definition) is 6. The van der Waals surface area contributed by atoms with Gasteiger partial charge in [-0.05, 0) is 18.2 Å². The summed E-state index contributed by atoms with van der Waals surface area (Å²) in [6.07, 6.45) is 1.44. The van der Waals surface area contributed by atoms with Crippen molar-refractivity contribution in [3.05, 3.63) is 56.4 Å². The molecule has 2 aromatic heterocycles. The molecule has 0 fully saturated rings. The predicted octanol–water partition coefficient (Wildman–Crippen LogP) is 2.30. The lowest BCUT2D eigenvalue weighted by atomic mass is 10.2. The molecule has 0 saturated heterocycles. The lowest BCUT2D eigenvalue weighted by Gasteiger charge is -2.06. The minimum atomic E-state index is -0.252. The first-order valence-electron chi connectivity index (χ1n) is 6.86. The quantitative estimate of drug-likeness (QED) is 0.659. The Bertz CT molecular complexity index is 956. The molecule has 0 aliphatic carbocycles. The molecule has 0 aliphatic rings. The second-order valence-corrected chi connectivity index (χ2v) is 6.47. The second-order valence-electron chi connectivity index (χ2n) is 4.70. The van der Waals surface area contributed by atoms with Crippen molar-refractivity contribution in [3.63, 3.8) is 0 Å². The lowest BCUT2D eigenvalue weighted by Crippen LogP contribution is -2.28. The summed E-state index contributed by atoms with van der Waals surface area (Å²) in [7, 11) is 0. The number of nitrogens with one attached hydrogen (secondary N) is 2. The van der Waals surface area contributed by atoms with Crippen molar-refractivity contribution in [1.29, 1.82) is 0 Å². The van der Waals surface area contributed by atoms with Gasteiger partial charge in [0.15, 0.2) is 0 Å². The predicted molar refractivity (Wildman–Crippen MR) is 94.4 cm³/mol. The van der Waals surface area contributed by atoms with Gasteiger partial charge in [0.1, 0.15) is 0 Å². The number of fused-ring (bicyclic) bond motifs is 1. The molecule has 0 saturated carbocycles. The summed E-state index contributed by atoms with van der Waals surface area (Å²) in [5, 5.41) is 11.2. The van der Waals surface area contributed by atoms with Crippen molar-refractivity contribution in [2.45, 2.75) is 0 Å². The molecule has 0 radical (unpaired) electrons. The molecule has 0 aliphatic heterocycles. The number of hydrogen-bond donors (Lipinski definition) is 2. The zero-order valence-corrected chi connectivity index (χ0v) is 14.5. The van der Waals surface area contributed by atoms with Crippen LogP contribution in [0.2, 0.25) is 10.0 Å². The Morgan fingerprint density at radius 1 is 1.21 bits per heavy atom. The number of benzene rings is 1. The van der Waals surface area contributed by atoms with Gasteiger partial charge >= 0.3 is 0 Å². The van der Waals surface area contributed by atoms with E-state index in [9.17, 15) is 9.59 Å². The van der Waals surface area contributed by atoms with Crippen LogP contribution in [-0.2, 0) is 0 Å². The van der Waals surface area contributed by atoms with E-state index in [2.05, 4.69) is 20.7 Å². The van der Waals surface area contributed by atoms with E-state index in [4.69, 9.17) is 23.2 Å². The first-order valence-corrected chi connectivity index (χ1v) is 8.44. The van der Waals surface area contributed by atoms with Gasteiger partial charge in [0.25, 0.3) is 11.5 Å². The molecular formula is C14H11Cl2N5O2S. The molecule has 2 heterocycles. The molecule has 3 rings (SSSR count). The van der Waals surface area contributed by atoms with E-state index >= 15 is 0 Å². The standard InChI is InChI=1S/C14H11Cl2N5O2S/c15-9-2-1-8(7-10(9)16)12(23)17-5-6-18-13-20-21-11(22)3-4-19-14(21)24-13/h1-4,7H,5-6H2,(H,17,23)(H,18,20). The van der Waals surface area contributed by atoms with E-state index in [-0.39, 0.29) is 11.5 Å². The maximum atomic E-state index is 12.0. The molecule has 1 amide bonds. The van der Waals surface area contributed by atoms with Gasteiger partial charge in [-0.25, -0.2) is 4.98 Å². The number of amides is 1. The largest absolute Gasteiger partial charge is 0.358 e. The Kier molecular flexibility index (Phi) is 4.98. The highest BCUT2D eigenvalue weighted by Gasteiger charge is 2.08. The van der Waals surface area contributed by atoms with Crippen molar-refractivity contribution in [1.82, 2.24) is 19.9 Å². The highest BCUT2D eigenvalue weighted by molar-refractivity contribution is 7.20. The molecule has 124 valence electrons. The monoisotopic (exact) mass is 383 g/mol. The zero-order chi connectivity index (χ0) is 17.1. The summed E-state index contributed by atoms with van der Waals surface area (Å²) < 4.78 is 1.22. The summed E-state index contributed by atoms with van der Waals surface area (Å²) in [6, 6.07) is 6.03. The highest BCUT2D eigenvalue weighted by atomic mass is 35.5. The molecular weight excluding hydrogens is 373 g/mol. The van der Waals surface area contributed by atoms with Gasteiger partial charge in [-0.1, -0.05) is 34.5 Å².